The molecule has 0 saturated heterocycles. The molecular weight excluding hydrogens is 352 g/mol. The first-order chi connectivity index (χ1) is 10.9. The maximum Gasteiger partial charge on any atom is 0.435 e. The van der Waals surface area contributed by atoms with E-state index >= 15 is 0 Å². The van der Waals surface area contributed by atoms with Crippen molar-refractivity contribution >= 4 is 0 Å². The maximum atomic E-state index is 13.8. The van der Waals surface area contributed by atoms with E-state index < -0.39 is 73.1 Å². The number of rotatable bonds is 4. The molecule has 0 aliphatic heterocycles. The summed E-state index contributed by atoms with van der Waals surface area (Å²) in [6.45, 7) is -0.0683. The van der Waals surface area contributed by atoms with Crippen LogP contribution in [0.25, 0.3) is 0 Å². The van der Waals surface area contributed by atoms with Crippen molar-refractivity contribution in [3.63, 3.8) is 0 Å². The summed E-state index contributed by atoms with van der Waals surface area (Å²) in [5.74, 6) is -5.55. The molecule has 0 saturated carbocycles. The van der Waals surface area contributed by atoms with Crippen LogP contribution in [0.1, 0.15) is 36.4 Å². The zero-order valence-electron chi connectivity index (χ0n) is 12.3. The van der Waals surface area contributed by atoms with Crippen LogP contribution >= 0.6 is 0 Å². The fourth-order valence-corrected chi connectivity index (χ4v) is 2.54. The van der Waals surface area contributed by atoms with Crippen molar-refractivity contribution in [2.24, 2.45) is 5.92 Å². The first kappa shape index (κ1) is 18.9. The number of halogens is 8. The molecule has 138 valence electrons. The predicted molar refractivity (Wildman–Crippen MR) is 65.5 cm³/mol. The molecule has 1 aliphatic rings. The highest BCUT2D eigenvalue weighted by molar-refractivity contribution is 5.35. The summed E-state index contributed by atoms with van der Waals surface area (Å²) in [7, 11) is 0. The number of alkyl halides is 8. The number of aromatic nitrogens is 2. The SMILES string of the molecule is CC(C(F)F)C(F)Cn1nc(C(F)(F)F)c2c1CCC(F)(F)[C@H]2O. The molecule has 1 heterocycles. The zero-order valence-corrected chi connectivity index (χ0v) is 12.3. The summed E-state index contributed by atoms with van der Waals surface area (Å²) in [5, 5.41) is 12.6. The molecule has 1 aromatic heterocycles. The highest BCUT2D eigenvalue weighted by Gasteiger charge is 2.51. The quantitative estimate of drug-likeness (QED) is 0.825. The van der Waals surface area contributed by atoms with Crippen LogP contribution in [-0.2, 0) is 19.1 Å². The van der Waals surface area contributed by atoms with Gasteiger partial charge in [0.05, 0.1) is 12.5 Å². The van der Waals surface area contributed by atoms with E-state index in [1.165, 1.54) is 0 Å². The van der Waals surface area contributed by atoms with E-state index in [0.29, 0.717) is 4.68 Å². The number of fused-ring (bicyclic) bond motifs is 1. The number of hydrogen-bond donors (Lipinski definition) is 1. The molecule has 2 rings (SSSR count). The lowest BCUT2D eigenvalue weighted by Crippen LogP contribution is -2.34. The van der Waals surface area contributed by atoms with Gasteiger partial charge in [-0.15, -0.1) is 0 Å². The Bertz CT molecular complexity index is 598. The topological polar surface area (TPSA) is 38.0 Å². The monoisotopic (exact) mass is 366 g/mol. The van der Waals surface area contributed by atoms with Gasteiger partial charge in [0.15, 0.2) is 5.69 Å². The standard InChI is InChI=1S/C13H14F8N2O/c1-5(11(15)16)6(14)4-23-7-2-3-12(17,18)10(24)8(7)9(22-23)13(19,20)21/h5-6,10-11,24H,2-4H2,1H3/t5?,6?,10-/m0/s1. The Morgan fingerprint density at radius 3 is 2.38 bits per heavy atom. The van der Waals surface area contributed by atoms with Crippen LogP contribution in [0.5, 0.6) is 0 Å². The van der Waals surface area contributed by atoms with Gasteiger partial charge in [-0.2, -0.15) is 18.3 Å². The van der Waals surface area contributed by atoms with Crippen LogP contribution in [0.2, 0.25) is 0 Å². The van der Waals surface area contributed by atoms with E-state index in [2.05, 4.69) is 5.10 Å². The van der Waals surface area contributed by atoms with Crippen LogP contribution in [-0.4, -0.2) is 33.4 Å². The molecule has 2 unspecified atom stereocenters. The third-order valence-electron chi connectivity index (χ3n) is 4.05. The van der Waals surface area contributed by atoms with Crippen molar-refractivity contribution in [2.45, 2.75) is 57.1 Å². The van der Waals surface area contributed by atoms with Crippen LogP contribution in [0.3, 0.4) is 0 Å². The Hall–Kier alpha value is -1.39. The molecule has 0 aromatic carbocycles. The Morgan fingerprint density at radius 2 is 1.88 bits per heavy atom. The Balaban J connectivity index is 2.45. The highest BCUT2D eigenvalue weighted by atomic mass is 19.4. The summed E-state index contributed by atoms with van der Waals surface area (Å²) in [6, 6.07) is 0. The van der Waals surface area contributed by atoms with Crippen LogP contribution in [0, 0.1) is 5.92 Å². The lowest BCUT2D eigenvalue weighted by molar-refractivity contribution is -0.150. The summed E-state index contributed by atoms with van der Waals surface area (Å²) < 4.78 is 105. The largest absolute Gasteiger partial charge is 0.435 e. The fourth-order valence-electron chi connectivity index (χ4n) is 2.54. The van der Waals surface area contributed by atoms with E-state index in [-0.39, 0.29) is 0 Å². The minimum absolute atomic E-state index is 0.412. The number of aliphatic hydroxyl groups is 1. The molecular formula is C13H14F8N2O. The van der Waals surface area contributed by atoms with Gasteiger partial charge in [0.2, 0.25) is 6.43 Å². The van der Waals surface area contributed by atoms with Gasteiger partial charge in [0.25, 0.3) is 5.92 Å². The van der Waals surface area contributed by atoms with Crippen LogP contribution < -0.4 is 0 Å². The van der Waals surface area contributed by atoms with Gasteiger partial charge in [0.1, 0.15) is 12.3 Å². The maximum absolute atomic E-state index is 13.8. The highest BCUT2D eigenvalue weighted by Crippen LogP contribution is 2.46. The number of nitrogens with zero attached hydrogens (tertiary/aromatic N) is 2. The summed E-state index contributed by atoms with van der Waals surface area (Å²) >= 11 is 0. The van der Waals surface area contributed by atoms with Gasteiger partial charge in [-0.3, -0.25) is 4.68 Å². The molecule has 0 radical (unpaired) electrons. The number of aliphatic hydroxyl groups excluding tert-OH is 1. The fraction of sp³-hybridized carbons (Fsp3) is 0.769. The minimum atomic E-state index is -5.15. The second-order valence-electron chi connectivity index (χ2n) is 5.76. The lowest BCUT2D eigenvalue weighted by Gasteiger charge is -2.29. The molecule has 11 heteroatoms. The summed E-state index contributed by atoms with van der Waals surface area (Å²) in [6.07, 6.45) is -14.7. The summed E-state index contributed by atoms with van der Waals surface area (Å²) in [4.78, 5) is 0. The van der Waals surface area contributed by atoms with Crippen molar-refractivity contribution in [2.75, 3.05) is 0 Å². The summed E-state index contributed by atoms with van der Waals surface area (Å²) in [5.41, 5.74) is -3.28. The molecule has 3 nitrogen and oxygen atoms in total. The van der Waals surface area contributed by atoms with E-state index in [1.54, 1.807) is 0 Å². The smallest absolute Gasteiger partial charge is 0.382 e. The lowest BCUT2D eigenvalue weighted by atomic mass is 9.89. The molecule has 3 atom stereocenters. The van der Waals surface area contributed by atoms with Crippen molar-refractivity contribution < 1.29 is 40.2 Å². The molecule has 0 bridgehead atoms. The van der Waals surface area contributed by atoms with Gasteiger partial charge in [-0.25, -0.2) is 22.0 Å². The van der Waals surface area contributed by atoms with E-state index in [1.807, 2.05) is 0 Å². The second-order valence-corrected chi connectivity index (χ2v) is 5.76. The molecule has 0 fully saturated rings. The molecule has 0 spiro atoms. The third-order valence-corrected chi connectivity index (χ3v) is 4.05. The Morgan fingerprint density at radius 1 is 1.29 bits per heavy atom. The van der Waals surface area contributed by atoms with Crippen LogP contribution in [0.4, 0.5) is 35.1 Å². The molecule has 0 amide bonds. The first-order valence-corrected chi connectivity index (χ1v) is 7.01. The van der Waals surface area contributed by atoms with E-state index in [9.17, 15) is 40.2 Å². The zero-order chi connectivity index (χ0) is 18.4. The third kappa shape index (κ3) is 3.35. The van der Waals surface area contributed by atoms with Crippen LogP contribution in [0.15, 0.2) is 0 Å². The van der Waals surface area contributed by atoms with Crippen molar-refractivity contribution in [1.29, 1.82) is 0 Å². The normalized spacial score (nSPS) is 23.2. The molecule has 1 N–H and O–H groups in total. The molecule has 24 heavy (non-hydrogen) atoms. The van der Waals surface area contributed by atoms with E-state index in [4.69, 9.17) is 0 Å². The molecule has 1 aromatic rings. The van der Waals surface area contributed by atoms with Gasteiger partial charge in [-0.05, 0) is 6.42 Å². The van der Waals surface area contributed by atoms with Crippen molar-refractivity contribution in [3.05, 3.63) is 17.0 Å². The van der Waals surface area contributed by atoms with Crippen molar-refractivity contribution in [1.82, 2.24) is 9.78 Å². The average Bonchev–Trinajstić information content (AvgIpc) is 2.81. The second kappa shape index (κ2) is 6.16. The Kier molecular flexibility index (Phi) is 4.86. The van der Waals surface area contributed by atoms with E-state index in [0.717, 1.165) is 6.92 Å². The predicted octanol–water partition coefficient (Wildman–Crippen LogP) is 3.76. The minimum Gasteiger partial charge on any atom is -0.382 e. The van der Waals surface area contributed by atoms with Gasteiger partial charge in [-0.1, -0.05) is 6.92 Å². The average molecular weight is 366 g/mol. The molecule has 1 aliphatic carbocycles. The van der Waals surface area contributed by atoms with Gasteiger partial charge in [0, 0.05) is 17.7 Å². The van der Waals surface area contributed by atoms with Crippen molar-refractivity contribution in [3.8, 4) is 0 Å². The van der Waals surface area contributed by atoms with Gasteiger partial charge < -0.3 is 5.11 Å². The number of hydrogen-bond acceptors (Lipinski definition) is 2. The Labute approximate surface area is 131 Å². The first-order valence-electron chi connectivity index (χ1n) is 7.01. The van der Waals surface area contributed by atoms with Gasteiger partial charge >= 0.3 is 6.18 Å².